The van der Waals surface area contributed by atoms with Crippen molar-refractivity contribution in [1.29, 1.82) is 0 Å². The molecule has 21 heavy (non-hydrogen) atoms. The fraction of sp³-hybridized carbons (Fsp3) is 0.933. The highest BCUT2D eigenvalue weighted by atomic mass is 79.9. The zero-order valence-electron chi connectivity index (χ0n) is 13.2. The highest BCUT2D eigenvalue weighted by Gasteiger charge is 2.39. The molecule has 2 fully saturated rings. The minimum absolute atomic E-state index is 0.184. The molecule has 0 aromatic carbocycles. The van der Waals surface area contributed by atoms with Crippen molar-refractivity contribution in [3.05, 3.63) is 0 Å². The highest BCUT2D eigenvalue weighted by Crippen LogP contribution is 2.32. The van der Waals surface area contributed by atoms with E-state index in [1.54, 1.807) is 4.90 Å². The number of halogens is 1. The molecule has 1 amide bonds. The summed E-state index contributed by atoms with van der Waals surface area (Å²) in [5.74, 6) is 0. The maximum atomic E-state index is 12.1. The van der Waals surface area contributed by atoms with Crippen molar-refractivity contribution in [1.82, 2.24) is 4.90 Å². The summed E-state index contributed by atoms with van der Waals surface area (Å²) in [7, 11) is 0. The summed E-state index contributed by atoms with van der Waals surface area (Å²) in [6.07, 6.45) is 2.58. The number of alkyl halides is 1. The van der Waals surface area contributed by atoms with Gasteiger partial charge < -0.3 is 19.1 Å². The Kier molecular flexibility index (Phi) is 5.54. The molecule has 0 aromatic heterocycles. The van der Waals surface area contributed by atoms with Gasteiger partial charge in [-0.3, -0.25) is 0 Å². The van der Waals surface area contributed by atoms with Crippen molar-refractivity contribution < 1.29 is 19.0 Å². The Morgan fingerprint density at radius 3 is 2.52 bits per heavy atom. The number of amides is 1. The molecule has 2 saturated heterocycles. The normalized spacial score (nSPS) is 25.9. The first-order chi connectivity index (χ1) is 9.84. The number of piperidine rings is 1. The molecule has 5 nitrogen and oxygen atoms in total. The Labute approximate surface area is 135 Å². The molecule has 6 heteroatoms. The molecule has 2 aliphatic heterocycles. The Morgan fingerprint density at radius 1 is 1.38 bits per heavy atom. The number of hydrogen-bond donors (Lipinski definition) is 0. The molecule has 122 valence electrons. The predicted octanol–water partition coefficient (Wildman–Crippen LogP) is 2.96. The van der Waals surface area contributed by atoms with E-state index in [0.717, 1.165) is 31.2 Å². The molecule has 2 rings (SSSR count). The maximum absolute atomic E-state index is 12.1. The molecular formula is C15H26BrNO4. The standard InChI is InChI=1S/C15H26BrNO4/c1-14(2,3)21-13(18)17-7-5-15(11-16,6-8-17)20-12-4-9-19-10-12/h12H,4-11H2,1-3H3. The van der Waals surface area contributed by atoms with Crippen LogP contribution in [0.15, 0.2) is 0 Å². The first-order valence-electron chi connectivity index (χ1n) is 7.63. The average molecular weight is 364 g/mol. The van der Waals surface area contributed by atoms with Crippen LogP contribution in [-0.2, 0) is 14.2 Å². The summed E-state index contributed by atoms with van der Waals surface area (Å²) >= 11 is 3.58. The van der Waals surface area contributed by atoms with Crippen LogP contribution < -0.4 is 0 Å². The number of carbonyl (C=O) groups is 1. The zero-order valence-corrected chi connectivity index (χ0v) is 14.8. The van der Waals surface area contributed by atoms with Crippen LogP contribution >= 0.6 is 15.9 Å². The van der Waals surface area contributed by atoms with Gasteiger partial charge in [-0.25, -0.2) is 4.79 Å². The summed E-state index contributed by atoms with van der Waals surface area (Å²) < 4.78 is 17.1. The monoisotopic (exact) mass is 363 g/mol. The van der Waals surface area contributed by atoms with Crippen molar-refractivity contribution in [3.8, 4) is 0 Å². The Morgan fingerprint density at radius 2 is 2.05 bits per heavy atom. The molecule has 0 saturated carbocycles. The SMILES string of the molecule is CC(C)(C)OC(=O)N1CCC(CBr)(OC2CCOC2)CC1. The number of rotatable bonds is 3. The van der Waals surface area contributed by atoms with Crippen molar-refractivity contribution in [2.24, 2.45) is 0 Å². The third-order valence-electron chi connectivity index (χ3n) is 3.87. The van der Waals surface area contributed by atoms with E-state index >= 15 is 0 Å². The number of likely N-dealkylation sites (tertiary alicyclic amines) is 1. The summed E-state index contributed by atoms with van der Waals surface area (Å²) in [6, 6.07) is 0. The molecule has 0 spiro atoms. The molecule has 0 aliphatic carbocycles. The lowest BCUT2D eigenvalue weighted by Crippen LogP contribution is -2.51. The topological polar surface area (TPSA) is 48.0 Å². The van der Waals surface area contributed by atoms with E-state index in [9.17, 15) is 4.79 Å². The zero-order chi connectivity index (χ0) is 15.5. The van der Waals surface area contributed by atoms with Gasteiger partial charge >= 0.3 is 6.09 Å². The smallest absolute Gasteiger partial charge is 0.410 e. The highest BCUT2D eigenvalue weighted by molar-refractivity contribution is 9.09. The molecule has 1 unspecified atom stereocenters. The van der Waals surface area contributed by atoms with Crippen LogP contribution in [0.4, 0.5) is 4.79 Å². The van der Waals surface area contributed by atoms with Gasteiger partial charge in [0.25, 0.3) is 0 Å². The molecule has 0 N–H and O–H groups in total. The van der Waals surface area contributed by atoms with Crippen LogP contribution in [0.5, 0.6) is 0 Å². The van der Waals surface area contributed by atoms with Crippen LogP contribution in [0.25, 0.3) is 0 Å². The Bertz CT molecular complexity index is 355. The van der Waals surface area contributed by atoms with Crippen LogP contribution in [0.3, 0.4) is 0 Å². The van der Waals surface area contributed by atoms with E-state index in [1.165, 1.54) is 0 Å². The van der Waals surface area contributed by atoms with E-state index < -0.39 is 5.60 Å². The number of carbonyl (C=O) groups excluding carboxylic acids is 1. The van der Waals surface area contributed by atoms with Gasteiger partial charge in [0.1, 0.15) is 5.60 Å². The van der Waals surface area contributed by atoms with Gasteiger partial charge in [-0.05, 0) is 40.0 Å². The number of nitrogens with zero attached hydrogens (tertiary/aromatic N) is 1. The lowest BCUT2D eigenvalue weighted by atomic mass is 9.93. The van der Waals surface area contributed by atoms with Crippen LogP contribution in [0, 0.1) is 0 Å². The summed E-state index contributed by atoms with van der Waals surface area (Å²) in [4.78, 5) is 13.9. The summed E-state index contributed by atoms with van der Waals surface area (Å²) in [6.45, 7) is 8.49. The molecule has 1 atom stereocenters. The molecule has 0 bridgehead atoms. The quantitative estimate of drug-likeness (QED) is 0.723. The van der Waals surface area contributed by atoms with Gasteiger partial charge in [0.2, 0.25) is 0 Å². The van der Waals surface area contributed by atoms with E-state index in [4.69, 9.17) is 14.2 Å². The Balaban J connectivity index is 1.86. The van der Waals surface area contributed by atoms with Gasteiger partial charge in [0, 0.05) is 25.0 Å². The fourth-order valence-corrected chi connectivity index (χ4v) is 3.36. The molecule has 2 heterocycles. The van der Waals surface area contributed by atoms with Crippen LogP contribution in [-0.4, -0.2) is 59.9 Å². The minimum atomic E-state index is -0.446. The summed E-state index contributed by atoms with van der Waals surface area (Å²) in [5.41, 5.74) is -0.629. The van der Waals surface area contributed by atoms with Crippen molar-refractivity contribution >= 4 is 22.0 Å². The second-order valence-corrected chi connectivity index (χ2v) is 7.45. The molecule has 0 radical (unpaired) electrons. The average Bonchev–Trinajstić information content (AvgIpc) is 2.90. The van der Waals surface area contributed by atoms with Gasteiger partial charge in [-0.2, -0.15) is 0 Å². The second kappa shape index (κ2) is 6.84. The van der Waals surface area contributed by atoms with Crippen LogP contribution in [0.2, 0.25) is 0 Å². The third kappa shape index (κ3) is 4.83. The van der Waals surface area contributed by atoms with Crippen molar-refractivity contribution in [3.63, 3.8) is 0 Å². The lowest BCUT2D eigenvalue weighted by Gasteiger charge is -2.42. The largest absolute Gasteiger partial charge is 0.444 e. The number of ether oxygens (including phenoxy) is 3. The van der Waals surface area contributed by atoms with E-state index in [-0.39, 0.29) is 17.8 Å². The van der Waals surface area contributed by atoms with E-state index in [1.807, 2.05) is 20.8 Å². The molecule has 0 aromatic rings. The van der Waals surface area contributed by atoms with Gasteiger partial charge in [0.05, 0.1) is 18.3 Å². The van der Waals surface area contributed by atoms with Crippen molar-refractivity contribution in [2.45, 2.75) is 57.3 Å². The Hall–Kier alpha value is -0.330. The predicted molar refractivity (Wildman–Crippen MR) is 83.9 cm³/mol. The lowest BCUT2D eigenvalue weighted by molar-refractivity contribution is -0.107. The first kappa shape index (κ1) is 17.0. The fourth-order valence-electron chi connectivity index (χ4n) is 2.67. The van der Waals surface area contributed by atoms with Crippen LogP contribution in [0.1, 0.15) is 40.0 Å². The van der Waals surface area contributed by atoms with E-state index in [2.05, 4.69) is 15.9 Å². The summed E-state index contributed by atoms with van der Waals surface area (Å²) in [5, 5.41) is 0.790. The molecule has 2 aliphatic rings. The minimum Gasteiger partial charge on any atom is -0.444 e. The molecular weight excluding hydrogens is 338 g/mol. The maximum Gasteiger partial charge on any atom is 0.410 e. The third-order valence-corrected chi connectivity index (χ3v) is 4.90. The van der Waals surface area contributed by atoms with Gasteiger partial charge in [-0.15, -0.1) is 0 Å². The second-order valence-electron chi connectivity index (χ2n) is 6.89. The van der Waals surface area contributed by atoms with Gasteiger partial charge in [-0.1, -0.05) is 15.9 Å². The van der Waals surface area contributed by atoms with Crippen molar-refractivity contribution in [2.75, 3.05) is 31.6 Å². The van der Waals surface area contributed by atoms with E-state index in [0.29, 0.717) is 19.7 Å². The van der Waals surface area contributed by atoms with Gasteiger partial charge in [0.15, 0.2) is 0 Å². The number of hydrogen-bond acceptors (Lipinski definition) is 4. The first-order valence-corrected chi connectivity index (χ1v) is 8.75.